The number of nitrogens with zero attached hydrogens (tertiary/aromatic N) is 4. The highest BCUT2D eigenvalue weighted by Gasteiger charge is 2.30. The number of rotatable bonds is 7. The second-order valence-corrected chi connectivity index (χ2v) is 12.6. The number of halogens is 1. The summed E-state index contributed by atoms with van der Waals surface area (Å²) >= 11 is 1.62. The molecule has 224 valence electrons. The summed E-state index contributed by atoms with van der Waals surface area (Å²) in [4.78, 5) is 33.4. The molecule has 1 fully saturated rings. The summed E-state index contributed by atoms with van der Waals surface area (Å²) in [5.74, 6) is 0.622. The van der Waals surface area contributed by atoms with Crippen LogP contribution >= 0.6 is 11.8 Å². The molecule has 0 aliphatic carbocycles. The number of aromatic nitrogens is 2. The van der Waals surface area contributed by atoms with Crippen molar-refractivity contribution in [2.24, 2.45) is 0 Å². The Morgan fingerprint density at radius 1 is 1.14 bits per heavy atom. The summed E-state index contributed by atoms with van der Waals surface area (Å²) in [5.41, 5.74) is 3.94. The molecule has 1 aromatic carbocycles. The molecule has 42 heavy (non-hydrogen) atoms. The lowest BCUT2D eigenvalue weighted by atomic mass is 9.90. The molecule has 1 N–H and O–H groups in total. The molecule has 0 spiro atoms. The number of carbonyl (C=O) groups excluding carboxylic acids is 2. The summed E-state index contributed by atoms with van der Waals surface area (Å²) in [7, 11) is 3.39. The average molecular weight is 596 g/mol. The van der Waals surface area contributed by atoms with Crippen molar-refractivity contribution < 1.29 is 23.5 Å². The Balaban J connectivity index is 1.38. The zero-order valence-corrected chi connectivity index (χ0v) is 25.5. The number of esters is 1. The first-order chi connectivity index (χ1) is 20.0. The van der Waals surface area contributed by atoms with Crippen LogP contribution in [0.25, 0.3) is 11.3 Å². The molecule has 11 heteroatoms. The highest BCUT2D eigenvalue weighted by molar-refractivity contribution is 8.03. The quantitative estimate of drug-likeness (QED) is 0.346. The van der Waals surface area contributed by atoms with Crippen molar-refractivity contribution in [2.45, 2.75) is 63.5 Å². The van der Waals surface area contributed by atoms with Gasteiger partial charge in [-0.1, -0.05) is 17.8 Å². The average Bonchev–Trinajstić information content (AvgIpc) is 3.60. The predicted molar refractivity (Wildman–Crippen MR) is 163 cm³/mol. The Morgan fingerprint density at radius 3 is 2.52 bits per heavy atom. The van der Waals surface area contributed by atoms with Gasteiger partial charge in [0.05, 0.1) is 24.9 Å². The fourth-order valence-electron chi connectivity index (χ4n) is 5.34. The molecule has 0 saturated carbocycles. The van der Waals surface area contributed by atoms with Gasteiger partial charge in [-0.3, -0.25) is 9.20 Å². The maximum atomic E-state index is 13.5. The van der Waals surface area contributed by atoms with E-state index in [1.165, 1.54) is 24.8 Å². The molecule has 2 aliphatic heterocycles. The van der Waals surface area contributed by atoms with E-state index in [9.17, 15) is 14.0 Å². The molecule has 1 atom stereocenters. The molecule has 1 amide bonds. The molecule has 9 nitrogen and oxygen atoms in total. The van der Waals surface area contributed by atoms with Crippen LogP contribution in [0.15, 0.2) is 48.0 Å². The van der Waals surface area contributed by atoms with Crippen LogP contribution in [0, 0.1) is 5.82 Å². The van der Waals surface area contributed by atoms with Crippen LogP contribution in [0.1, 0.15) is 62.8 Å². The molecule has 0 radical (unpaired) electrons. The molecule has 0 bridgehead atoms. The summed E-state index contributed by atoms with van der Waals surface area (Å²) < 4.78 is 26.0. The SMILES string of the molecule is COC(=O)CCc1nc2ccc(C3CCN(C(=O)OC(C)(C)C)CC3)cn2c1N(C)C1NC(c2ccc(F)cc2)=CS1. The number of methoxy groups -OCH3 is 1. The minimum Gasteiger partial charge on any atom is -0.469 e. The predicted octanol–water partition coefficient (Wildman–Crippen LogP) is 5.75. The van der Waals surface area contributed by atoms with Gasteiger partial charge in [0.15, 0.2) is 5.50 Å². The minimum absolute atomic E-state index is 0.137. The Morgan fingerprint density at radius 2 is 1.86 bits per heavy atom. The van der Waals surface area contributed by atoms with Gasteiger partial charge in [-0.2, -0.15) is 0 Å². The zero-order valence-electron chi connectivity index (χ0n) is 24.7. The number of fused-ring (bicyclic) bond motifs is 1. The normalized spacial score (nSPS) is 17.6. The number of thioether (sulfide) groups is 1. The number of benzene rings is 1. The van der Waals surface area contributed by atoms with Crippen molar-refractivity contribution in [1.29, 1.82) is 0 Å². The van der Waals surface area contributed by atoms with Crippen LogP contribution in [-0.4, -0.2) is 64.7 Å². The number of carbonyl (C=O) groups is 2. The third-order valence-electron chi connectivity index (χ3n) is 7.53. The molecule has 5 rings (SSSR count). The number of aryl methyl sites for hydroxylation is 1. The number of nitrogens with one attached hydrogen (secondary N) is 1. The molecule has 2 aromatic heterocycles. The van der Waals surface area contributed by atoms with Gasteiger partial charge < -0.3 is 24.6 Å². The fraction of sp³-hybridized carbons (Fsp3) is 0.452. The van der Waals surface area contributed by atoms with E-state index in [1.54, 1.807) is 28.8 Å². The Hall–Kier alpha value is -3.73. The third-order valence-corrected chi connectivity index (χ3v) is 8.60. The first kappa shape index (κ1) is 29.8. The van der Waals surface area contributed by atoms with E-state index in [-0.39, 0.29) is 35.7 Å². The zero-order chi connectivity index (χ0) is 30.0. The number of piperidine rings is 1. The monoisotopic (exact) mass is 595 g/mol. The van der Waals surface area contributed by atoms with Crippen molar-refractivity contribution in [3.63, 3.8) is 0 Å². The maximum Gasteiger partial charge on any atom is 0.410 e. The van der Waals surface area contributed by atoms with E-state index < -0.39 is 5.60 Å². The summed E-state index contributed by atoms with van der Waals surface area (Å²) in [6, 6.07) is 10.6. The summed E-state index contributed by atoms with van der Waals surface area (Å²) in [6.45, 7) is 6.92. The lowest BCUT2D eigenvalue weighted by Crippen LogP contribution is -2.41. The lowest BCUT2D eigenvalue weighted by Gasteiger charge is -2.33. The Kier molecular flexibility index (Phi) is 8.68. The maximum absolute atomic E-state index is 13.5. The molecule has 2 aliphatic rings. The van der Waals surface area contributed by atoms with Crippen molar-refractivity contribution in [3.8, 4) is 0 Å². The van der Waals surface area contributed by atoms with Crippen LogP contribution < -0.4 is 10.2 Å². The van der Waals surface area contributed by atoms with Gasteiger partial charge in [-0.25, -0.2) is 14.2 Å². The number of hydrogen-bond acceptors (Lipinski definition) is 8. The van der Waals surface area contributed by atoms with E-state index in [2.05, 4.69) is 26.9 Å². The second-order valence-electron chi connectivity index (χ2n) is 11.7. The Bertz CT molecular complexity index is 1470. The number of hydrogen-bond donors (Lipinski definition) is 1. The number of anilines is 1. The first-order valence-corrected chi connectivity index (χ1v) is 15.1. The third kappa shape index (κ3) is 6.67. The van der Waals surface area contributed by atoms with E-state index in [1.807, 2.05) is 39.3 Å². The summed E-state index contributed by atoms with van der Waals surface area (Å²) in [6.07, 6.45) is 4.21. The van der Waals surface area contributed by atoms with Gasteiger partial charge in [0, 0.05) is 32.8 Å². The largest absolute Gasteiger partial charge is 0.469 e. The van der Waals surface area contributed by atoms with Gasteiger partial charge in [-0.05, 0) is 86.4 Å². The number of likely N-dealkylation sites (tertiary alicyclic amines) is 1. The second kappa shape index (κ2) is 12.2. The lowest BCUT2D eigenvalue weighted by molar-refractivity contribution is -0.140. The smallest absolute Gasteiger partial charge is 0.410 e. The first-order valence-electron chi connectivity index (χ1n) is 14.2. The van der Waals surface area contributed by atoms with E-state index in [4.69, 9.17) is 14.5 Å². The Labute approximate surface area is 250 Å². The number of imidazole rings is 1. The van der Waals surface area contributed by atoms with Crippen molar-refractivity contribution in [3.05, 3.63) is 70.6 Å². The molecule has 1 saturated heterocycles. The van der Waals surface area contributed by atoms with Crippen LogP contribution in [0.2, 0.25) is 0 Å². The van der Waals surface area contributed by atoms with Gasteiger partial charge in [0.25, 0.3) is 0 Å². The van der Waals surface area contributed by atoms with E-state index in [0.717, 1.165) is 41.3 Å². The van der Waals surface area contributed by atoms with Gasteiger partial charge in [-0.15, -0.1) is 0 Å². The van der Waals surface area contributed by atoms with Crippen LogP contribution in [0.3, 0.4) is 0 Å². The highest BCUT2D eigenvalue weighted by atomic mass is 32.2. The molecular weight excluding hydrogens is 557 g/mol. The van der Waals surface area contributed by atoms with Crippen LogP contribution in [0.4, 0.5) is 15.0 Å². The summed E-state index contributed by atoms with van der Waals surface area (Å²) in [5, 5.41) is 5.57. The molecule has 1 unspecified atom stereocenters. The molecule has 3 aromatic rings. The van der Waals surface area contributed by atoms with E-state index >= 15 is 0 Å². The van der Waals surface area contributed by atoms with Crippen molar-refractivity contribution in [2.75, 3.05) is 32.1 Å². The van der Waals surface area contributed by atoms with Crippen molar-refractivity contribution in [1.82, 2.24) is 19.6 Å². The molecule has 4 heterocycles. The fourth-order valence-corrected chi connectivity index (χ4v) is 6.28. The molecular formula is C31H38FN5O4S. The van der Waals surface area contributed by atoms with E-state index in [0.29, 0.717) is 19.5 Å². The standard InChI is InChI=1S/C31H38FN5O4S/c1-31(2,3)41-30(39)36-16-14-20(15-17-36)22-8-12-26-33-24(11-13-27(38)40-5)28(37(26)18-22)35(4)29-34-25(19-42-29)21-6-9-23(32)10-7-21/h6-10,12,18-20,29,34H,11,13-17H2,1-5H3. The topological polar surface area (TPSA) is 88.4 Å². The van der Waals surface area contributed by atoms with Crippen molar-refractivity contribution >= 4 is 41.0 Å². The number of amides is 1. The highest BCUT2D eigenvalue weighted by Crippen LogP contribution is 2.35. The van der Waals surface area contributed by atoms with Gasteiger partial charge in [0.2, 0.25) is 0 Å². The van der Waals surface area contributed by atoms with Gasteiger partial charge >= 0.3 is 12.1 Å². The van der Waals surface area contributed by atoms with Gasteiger partial charge in [0.1, 0.15) is 22.9 Å². The van der Waals surface area contributed by atoms with Crippen LogP contribution in [-0.2, 0) is 20.7 Å². The number of pyridine rings is 1. The minimum atomic E-state index is -0.518. The number of ether oxygens (including phenoxy) is 2. The van der Waals surface area contributed by atoms with Crippen LogP contribution in [0.5, 0.6) is 0 Å².